The van der Waals surface area contributed by atoms with E-state index in [9.17, 15) is 10.2 Å². The Morgan fingerprint density at radius 2 is 1.46 bits per heavy atom. The van der Waals surface area contributed by atoms with Crippen molar-refractivity contribution in [1.29, 1.82) is 0 Å². The van der Waals surface area contributed by atoms with Gasteiger partial charge in [-0.3, -0.25) is 0 Å². The van der Waals surface area contributed by atoms with Crippen LogP contribution in [-0.4, -0.2) is 34.5 Å². The van der Waals surface area contributed by atoms with E-state index in [0.29, 0.717) is 24.9 Å². The van der Waals surface area contributed by atoms with Crippen LogP contribution < -0.4 is 5.32 Å². The van der Waals surface area contributed by atoms with Crippen LogP contribution in [0.5, 0.6) is 0 Å². The Morgan fingerprint density at radius 1 is 1.00 bits per heavy atom. The van der Waals surface area contributed by atoms with Crippen molar-refractivity contribution in [2.45, 2.75) is 63.8 Å². The normalized spacial score (nSPS) is 36.2. The van der Waals surface area contributed by atoms with Gasteiger partial charge in [-0.15, -0.1) is 0 Å². The number of hydrogen-bond acceptors (Lipinski definition) is 3. The fraction of sp³-hybridized carbons (Fsp3) is 1.00. The number of hydrogen-bond donors (Lipinski definition) is 3. The number of nitrogens with one attached hydrogen (secondary N) is 1. The minimum absolute atomic E-state index is 0.465. The van der Waals surface area contributed by atoms with Gasteiger partial charge in [-0.25, -0.2) is 0 Å². The van der Waals surface area contributed by atoms with Crippen LogP contribution in [0.15, 0.2) is 0 Å². The lowest BCUT2D eigenvalue weighted by Crippen LogP contribution is -2.34. The number of rotatable bonds is 2. The molecule has 3 heteroatoms. The second-order valence-electron chi connectivity index (χ2n) is 4.31. The molecule has 1 aliphatic carbocycles. The lowest BCUT2D eigenvalue weighted by Gasteiger charge is -2.18. The number of aliphatic hydroxyl groups is 2. The minimum atomic E-state index is -0.515. The molecule has 0 aromatic rings. The smallest absolute Gasteiger partial charge is 0.0799 e. The fourth-order valence-electron chi connectivity index (χ4n) is 1.91. The molecule has 0 aromatic carbocycles. The van der Waals surface area contributed by atoms with Gasteiger partial charge in [0, 0.05) is 12.1 Å². The molecule has 1 rings (SSSR count). The van der Waals surface area contributed by atoms with Gasteiger partial charge in [-0.1, -0.05) is 13.8 Å². The summed E-state index contributed by atoms with van der Waals surface area (Å²) in [5.41, 5.74) is 0. The maximum absolute atomic E-state index is 9.43. The van der Waals surface area contributed by atoms with Gasteiger partial charge >= 0.3 is 0 Å². The molecule has 3 nitrogen and oxygen atoms in total. The van der Waals surface area contributed by atoms with Crippen LogP contribution in [0, 0.1) is 0 Å². The Labute approximate surface area is 80.2 Å². The summed E-state index contributed by atoms with van der Waals surface area (Å²) < 4.78 is 0. The van der Waals surface area contributed by atoms with E-state index in [-0.39, 0.29) is 0 Å². The van der Waals surface area contributed by atoms with Crippen LogP contribution in [0.25, 0.3) is 0 Å². The van der Waals surface area contributed by atoms with Crippen molar-refractivity contribution in [2.24, 2.45) is 0 Å². The van der Waals surface area contributed by atoms with E-state index in [2.05, 4.69) is 19.2 Å². The molecule has 3 atom stereocenters. The van der Waals surface area contributed by atoms with Gasteiger partial charge in [0.25, 0.3) is 0 Å². The first-order valence-electron chi connectivity index (χ1n) is 5.21. The molecule has 0 spiro atoms. The Kier molecular flexibility index (Phi) is 4.16. The largest absolute Gasteiger partial charge is 0.390 e. The Balaban J connectivity index is 2.35. The topological polar surface area (TPSA) is 52.5 Å². The Morgan fingerprint density at radius 3 is 1.85 bits per heavy atom. The molecule has 1 fully saturated rings. The maximum atomic E-state index is 9.43. The van der Waals surface area contributed by atoms with E-state index >= 15 is 0 Å². The second-order valence-corrected chi connectivity index (χ2v) is 4.31. The van der Waals surface area contributed by atoms with Gasteiger partial charge in [0.05, 0.1) is 12.2 Å². The van der Waals surface area contributed by atoms with Gasteiger partial charge in [0.2, 0.25) is 0 Å². The van der Waals surface area contributed by atoms with Crippen LogP contribution in [-0.2, 0) is 0 Å². The van der Waals surface area contributed by atoms with E-state index < -0.39 is 12.2 Å². The van der Waals surface area contributed by atoms with Gasteiger partial charge < -0.3 is 15.5 Å². The van der Waals surface area contributed by atoms with Gasteiger partial charge in [-0.05, 0) is 25.7 Å². The minimum Gasteiger partial charge on any atom is -0.390 e. The summed E-state index contributed by atoms with van der Waals surface area (Å²) in [7, 11) is 0. The molecule has 1 aliphatic rings. The van der Waals surface area contributed by atoms with Crippen molar-refractivity contribution in [3.8, 4) is 0 Å². The zero-order valence-electron chi connectivity index (χ0n) is 8.53. The summed E-state index contributed by atoms with van der Waals surface area (Å²) >= 11 is 0. The lowest BCUT2D eigenvalue weighted by atomic mass is 10.1. The van der Waals surface area contributed by atoms with Crippen LogP contribution in [0.4, 0.5) is 0 Å². The van der Waals surface area contributed by atoms with E-state index in [1.165, 1.54) is 0 Å². The molecule has 1 saturated carbocycles. The maximum Gasteiger partial charge on any atom is 0.0799 e. The highest BCUT2D eigenvalue weighted by Crippen LogP contribution is 2.18. The summed E-state index contributed by atoms with van der Waals surface area (Å²) in [6.45, 7) is 4.25. The third-order valence-corrected chi connectivity index (χ3v) is 2.63. The standard InChI is InChI=1S/C10H21NO2/c1-7(2)11-8-3-5-9(12)10(13)6-4-8/h7-13H,3-6H2,1-2H3/t8?,9-,10+. The molecule has 0 radical (unpaired) electrons. The first-order chi connectivity index (χ1) is 6.09. The average molecular weight is 187 g/mol. The molecule has 1 unspecified atom stereocenters. The molecular weight excluding hydrogens is 166 g/mol. The highest BCUT2D eigenvalue weighted by Gasteiger charge is 2.23. The van der Waals surface area contributed by atoms with Gasteiger partial charge in [0.1, 0.15) is 0 Å². The molecule has 0 saturated heterocycles. The second kappa shape index (κ2) is 4.94. The van der Waals surface area contributed by atoms with E-state index in [1.807, 2.05) is 0 Å². The summed E-state index contributed by atoms with van der Waals surface area (Å²) in [6.07, 6.45) is 2.34. The number of aliphatic hydroxyl groups excluding tert-OH is 2. The Hall–Kier alpha value is -0.120. The molecule has 78 valence electrons. The predicted molar refractivity (Wildman–Crippen MR) is 52.5 cm³/mol. The molecule has 0 aromatic heterocycles. The Bertz CT molecular complexity index is 138. The quantitative estimate of drug-likeness (QED) is 0.556. The molecule has 13 heavy (non-hydrogen) atoms. The van der Waals surface area contributed by atoms with Crippen molar-refractivity contribution in [3.63, 3.8) is 0 Å². The van der Waals surface area contributed by atoms with E-state index in [0.717, 1.165) is 12.8 Å². The van der Waals surface area contributed by atoms with E-state index in [1.54, 1.807) is 0 Å². The van der Waals surface area contributed by atoms with Crippen molar-refractivity contribution < 1.29 is 10.2 Å². The van der Waals surface area contributed by atoms with Crippen molar-refractivity contribution >= 4 is 0 Å². The third-order valence-electron chi connectivity index (χ3n) is 2.63. The van der Waals surface area contributed by atoms with Crippen LogP contribution >= 0.6 is 0 Å². The zero-order chi connectivity index (χ0) is 9.84. The summed E-state index contributed by atoms with van der Waals surface area (Å²) in [5, 5.41) is 22.3. The van der Waals surface area contributed by atoms with Crippen LogP contribution in [0.2, 0.25) is 0 Å². The SMILES string of the molecule is CC(C)NC1CC[C@@H](O)[C@@H](O)CC1. The average Bonchev–Trinajstić information content (AvgIpc) is 2.19. The third kappa shape index (κ3) is 3.63. The van der Waals surface area contributed by atoms with Crippen molar-refractivity contribution in [1.82, 2.24) is 5.32 Å². The van der Waals surface area contributed by atoms with Gasteiger partial charge in [-0.2, -0.15) is 0 Å². The molecule has 0 bridgehead atoms. The summed E-state index contributed by atoms with van der Waals surface area (Å²) in [6, 6.07) is 0.948. The highest BCUT2D eigenvalue weighted by atomic mass is 16.3. The summed E-state index contributed by atoms with van der Waals surface area (Å²) in [4.78, 5) is 0. The lowest BCUT2D eigenvalue weighted by molar-refractivity contribution is 0.0157. The zero-order valence-corrected chi connectivity index (χ0v) is 8.53. The fourth-order valence-corrected chi connectivity index (χ4v) is 1.91. The predicted octanol–water partition coefficient (Wildman–Crippen LogP) is 0.649. The highest BCUT2D eigenvalue weighted by molar-refractivity contribution is 4.80. The molecule has 3 N–H and O–H groups in total. The molecular formula is C10H21NO2. The van der Waals surface area contributed by atoms with Crippen molar-refractivity contribution in [3.05, 3.63) is 0 Å². The molecule has 0 amide bonds. The van der Waals surface area contributed by atoms with Crippen LogP contribution in [0.3, 0.4) is 0 Å². The molecule has 0 aliphatic heterocycles. The monoisotopic (exact) mass is 187 g/mol. The van der Waals surface area contributed by atoms with Gasteiger partial charge in [0.15, 0.2) is 0 Å². The first kappa shape index (κ1) is 11.0. The summed E-state index contributed by atoms with van der Waals surface area (Å²) in [5.74, 6) is 0. The first-order valence-corrected chi connectivity index (χ1v) is 5.21. The van der Waals surface area contributed by atoms with Crippen molar-refractivity contribution in [2.75, 3.05) is 0 Å². The molecule has 0 heterocycles. The van der Waals surface area contributed by atoms with E-state index in [4.69, 9.17) is 0 Å². The van der Waals surface area contributed by atoms with Crippen LogP contribution in [0.1, 0.15) is 39.5 Å².